The van der Waals surface area contributed by atoms with Gasteiger partial charge in [0.05, 0.1) is 23.0 Å². The standard InChI is InChI=1S/C18H19N5O3/c24-9-3-8-23-11-13(4-1-2-5-20-12-23)15-16(18(26)22-17(15)25)14-10-19-6-7-21-14/h1-2,5-7,10-11,24H,3-4,8-9,12H2,(H,22,25,26)/b2-1-,13-11+,20-5?. The highest BCUT2D eigenvalue weighted by atomic mass is 16.3. The SMILES string of the molecule is O=C1NC(=O)C(c2cnccn2)=C1/C1=C/N(CCCO)CN=C/C=C\C1. The number of nitrogens with zero attached hydrogens (tertiary/aromatic N) is 4. The first-order chi connectivity index (χ1) is 12.7. The fourth-order valence-electron chi connectivity index (χ4n) is 2.79. The van der Waals surface area contributed by atoms with E-state index in [1.165, 1.54) is 18.6 Å². The molecule has 0 aliphatic carbocycles. The Bertz CT molecular complexity index is 811. The molecule has 0 atom stereocenters. The van der Waals surface area contributed by atoms with E-state index in [2.05, 4.69) is 20.3 Å². The number of imide groups is 1. The van der Waals surface area contributed by atoms with Gasteiger partial charge in [0, 0.05) is 38.0 Å². The second kappa shape index (κ2) is 8.30. The van der Waals surface area contributed by atoms with Gasteiger partial charge in [-0.15, -0.1) is 0 Å². The fourth-order valence-corrected chi connectivity index (χ4v) is 2.79. The largest absolute Gasteiger partial charge is 0.396 e. The fraction of sp³-hybridized carbons (Fsp3) is 0.278. The van der Waals surface area contributed by atoms with Crippen LogP contribution in [0, 0.1) is 0 Å². The average molecular weight is 353 g/mol. The lowest BCUT2D eigenvalue weighted by Gasteiger charge is -2.19. The maximum atomic E-state index is 12.5. The van der Waals surface area contributed by atoms with Gasteiger partial charge in [0.25, 0.3) is 11.8 Å². The molecule has 134 valence electrons. The molecule has 2 aliphatic rings. The van der Waals surface area contributed by atoms with Crippen LogP contribution in [0.25, 0.3) is 5.57 Å². The molecule has 2 aliphatic heterocycles. The Morgan fingerprint density at radius 1 is 1.19 bits per heavy atom. The summed E-state index contributed by atoms with van der Waals surface area (Å²) in [6.45, 7) is 1.05. The van der Waals surface area contributed by atoms with Crippen molar-refractivity contribution in [1.29, 1.82) is 0 Å². The number of aromatic nitrogens is 2. The van der Waals surface area contributed by atoms with Crippen molar-refractivity contribution in [1.82, 2.24) is 20.2 Å². The maximum Gasteiger partial charge on any atom is 0.261 e. The molecule has 1 aromatic heterocycles. The summed E-state index contributed by atoms with van der Waals surface area (Å²) in [6, 6.07) is 0. The first-order valence-corrected chi connectivity index (χ1v) is 8.28. The quantitative estimate of drug-likeness (QED) is 0.744. The van der Waals surface area contributed by atoms with Gasteiger partial charge in [0.2, 0.25) is 0 Å². The van der Waals surface area contributed by atoms with E-state index in [0.717, 1.165) is 0 Å². The number of carbonyl (C=O) groups is 2. The molecule has 1 aromatic rings. The molecular formula is C18H19N5O3. The first-order valence-electron chi connectivity index (χ1n) is 8.28. The van der Waals surface area contributed by atoms with Crippen LogP contribution in [0.2, 0.25) is 0 Å². The monoisotopic (exact) mass is 353 g/mol. The molecule has 0 saturated heterocycles. The molecule has 0 aromatic carbocycles. The Morgan fingerprint density at radius 2 is 2.04 bits per heavy atom. The molecule has 26 heavy (non-hydrogen) atoms. The highest BCUT2D eigenvalue weighted by Gasteiger charge is 2.34. The normalized spacial score (nSPS) is 21.0. The number of amides is 2. The second-order valence-electron chi connectivity index (χ2n) is 5.77. The Balaban J connectivity index is 2.07. The van der Waals surface area contributed by atoms with Crippen LogP contribution < -0.4 is 5.32 Å². The predicted octanol–water partition coefficient (Wildman–Crippen LogP) is 0.443. The third-order valence-corrected chi connectivity index (χ3v) is 3.94. The van der Waals surface area contributed by atoms with Crippen LogP contribution in [0.3, 0.4) is 0 Å². The van der Waals surface area contributed by atoms with Gasteiger partial charge in [-0.2, -0.15) is 0 Å². The summed E-state index contributed by atoms with van der Waals surface area (Å²) in [5.74, 6) is -0.925. The summed E-state index contributed by atoms with van der Waals surface area (Å²) in [5, 5.41) is 11.4. The van der Waals surface area contributed by atoms with Gasteiger partial charge in [-0.1, -0.05) is 6.08 Å². The number of rotatable bonds is 5. The Morgan fingerprint density at radius 3 is 2.81 bits per heavy atom. The van der Waals surface area contributed by atoms with Gasteiger partial charge in [0.15, 0.2) is 0 Å². The van der Waals surface area contributed by atoms with Crippen molar-refractivity contribution in [3.05, 3.63) is 53.8 Å². The molecule has 0 unspecified atom stereocenters. The zero-order valence-electron chi connectivity index (χ0n) is 14.1. The molecule has 0 bridgehead atoms. The maximum absolute atomic E-state index is 12.5. The van der Waals surface area contributed by atoms with Gasteiger partial charge in [-0.05, 0) is 24.5 Å². The number of aliphatic hydroxyl groups is 1. The predicted molar refractivity (Wildman–Crippen MR) is 95.7 cm³/mol. The number of allylic oxidation sites excluding steroid dienone is 2. The summed E-state index contributed by atoms with van der Waals surface area (Å²) < 4.78 is 0. The van der Waals surface area contributed by atoms with Crippen molar-refractivity contribution in [3.63, 3.8) is 0 Å². The third-order valence-electron chi connectivity index (χ3n) is 3.94. The smallest absolute Gasteiger partial charge is 0.261 e. The van der Waals surface area contributed by atoms with Crippen molar-refractivity contribution < 1.29 is 14.7 Å². The van der Waals surface area contributed by atoms with E-state index in [4.69, 9.17) is 5.11 Å². The van der Waals surface area contributed by atoms with Crippen LogP contribution in [0.15, 0.2) is 53.1 Å². The van der Waals surface area contributed by atoms with E-state index in [9.17, 15) is 9.59 Å². The molecule has 0 spiro atoms. The minimum Gasteiger partial charge on any atom is -0.396 e. The number of carbonyl (C=O) groups excluding carboxylic acids is 2. The van der Waals surface area contributed by atoms with E-state index < -0.39 is 11.8 Å². The van der Waals surface area contributed by atoms with Gasteiger partial charge >= 0.3 is 0 Å². The van der Waals surface area contributed by atoms with Crippen molar-refractivity contribution in [3.8, 4) is 0 Å². The van der Waals surface area contributed by atoms with Gasteiger partial charge in [0.1, 0.15) is 6.67 Å². The lowest BCUT2D eigenvalue weighted by atomic mass is 9.97. The average Bonchev–Trinajstić information content (AvgIpc) is 3.00. The third kappa shape index (κ3) is 3.92. The lowest BCUT2D eigenvalue weighted by molar-refractivity contribution is -0.123. The second-order valence-corrected chi connectivity index (χ2v) is 5.77. The van der Waals surface area contributed by atoms with Crippen molar-refractivity contribution in [2.24, 2.45) is 4.99 Å². The van der Waals surface area contributed by atoms with Gasteiger partial charge in [-0.3, -0.25) is 29.9 Å². The molecule has 8 heteroatoms. The minimum absolute atomic E-state index is 0.0637. The first kappa shape index (κ1) is 17.7. The van der Waals surface area contributed by atoms with Gasteiger partial charge in [-0.25, -0.2) is 0 Å². The summed E-state index contributed by atoms with van der Waals surface area (Å²) >= 11 is 0. The van der Waals surface area contributed by atoms with Crippen LogP contribution in [0.1, 0.15) is 18.5 Å². The topological polar surface area (TPSA) is 108 Å². The highest BCUT2D eigenvalue weighted by molar-refractivity contribution is 6.37. The van der Waals surface area contributed by atoms with Crippen LogP contribution in [-0.4, -0.2) is 57.8 Å². The van der Waals surface area contributed by atoms with E-state index in [-0.39, 0.29) is 12.2 Å². The highest BCUT2D eigenvalue weighted by Crippen LogP contribution is 2.29. The van der Waals surface area contributed by atoms with E-state index >= 15 is 0 Å². The number of aliphatic hydroxyl groups excluding tert-OH is 1. The zero-order valence-corrected chi connectivity index (χ0v) is 14.1. The Kier molecular flexibility index (Phi) is 5.65. The van der Waals surface area contributed by atoms with Crippen molar-refractivity contribution in [2.45, 2.75) is 12.8 Å². The zero-order chi connectivity index (χ0) is 18.4. The molecule has 2 amide bonds. The van der Waals surface area contributed by atoms with E-state index in [1.807, 2.05) is 17.2 Å². The molecular weight excluding hydrogens is 334 g/mol. The minimum atomic E-state index is -0.478. The van der Waals surface area contributed by atoms with Gasteiger partial charge < -0.3 is 10.0 Å². The lowest BCUT2D eigenvalue weighted by Crippen LogP contribution is -2.24. The summed E-state index contributed by atoms with van der Waals surface area (Å²) in [4.78, 5) is 39.2. The number of aliphatic imine (C=N–C) groups is 1. The van der Waals surface area contributed by atoms with Crippen LogP contribution in [-0.2, 0) is 9.59 Å². The number of hydrogen-bond donors (Lipinski definition) is 2. The molecule has 2 N–H and O–H groups in total. The molecule has 0 fully saturated rings. The Labute approximate surface area is 150 Å². The summed E-state index contributed by atoms with van der Waals surface area (Å²) in [7, 11) is 0. The van der Waals surface area contributed by atoms with Crippen molar-refractivity contribution >= 4 is 23.6 Å². The molecule has 0 radical (unpaired) electrons. The van der Waals surface area contributed by atoms with Crippen LogP contribution >= 0.6 is 0 Å². The molecule has 0 saturated carbocycles. The summed E-state index contributed by atoms with van der Waals surface area (Å²) in [5.41, 5.74) is 1.57. The van der Waals surface area contributed by atoms with Crippen LogP contribution in [0.5, 0.6) is 0 Å². The van der Waals surface area contributed by atoms with Crippen LogP contribution in [0.4, 0.5) is 0 Å². The number of nitrogens with one attached hydrogen (secondary N) is 1. The summed E-state index contributed by atoms with van der Waals surface area (Å²) in [6.07, 6.45) is 12.7. The molecule has 3 rings (SSSR count). The van der Waals surface area contributed by atoms with E-state index in [0.29, 0.717) is 42.9 Å². The molecule has 8 nitrogen and oxygen atoms in total. The molecule has 3 heterocycles. The Hall–Kier alpha value is -3.13. The van der Waals surface area contributed by atoms with E-state index in [1.54, 1.807) is 12.3 Å². The van der Waals surface area contributed by atoms with Crippen molar-refractivity contribution in [2.75, 3.05) is 19.8 Å². The number of hydrogen-bond acceptors (Lipinski definition) is 7.